The van der Waals surface area contributed by atoms with Gasteiger partial charge in [0.25, 0.3) is 0 Å². The molecule has 0 aliphatic carbocycles. The first-order valence-corrected chi connectivity index (χ1v) is 19.9. The maximum atomic E-state index is 16.2. The average Bonchev–Trinajstić information content (AvgIpc) is 3.13. The first kappa shape index (κ1) is 73.2. The van der Waals surface area contributed by atoms with Crippen molar-refractivity contribution in [1.82, 2.24) is 0 Å². The van der Waals surface area contributed by atoms with Gasteiger partial charge in [-0.2, -0.15) is 0 Å². The summed E-state index contributed by atoms with van der Waals surface area (Å²) in [6.07, 6.45) is -61.4. The second-order valence-corrected chi connectivity index (χ2v) is 22.0. The van der Waals surface area contributed by atoms with Gasteiger partial charge in [0.1, 0.15) is 0 Å². The summed E-state index contributed by atoms with van der Waals surface area (Å²) in [7, 11) is 0. The summed E-state index contributed by atoms with van der Waals surface area (Å²) in [5.74, 6) is -165. The number of halogens is 51. The fraction of sp³-hybridized carbons (Fsp3) is 1.00. The van der Waals surface area contributed by atoms with Crippen LogP contribution in [0.1, 0.15) is 0 Å². The third-order valence-electron chi connectivity index (χ3n) is 9.30. The molecule has 0 aromatic heterocycles. The summed E-state index contributed by atoms with van der Waals surface area (Å²) >= 11 is -15.7. The molecule has 0 fully saturated rings. The predicted octanol–water partition coefficient (Wildman–Crippen LogP) is 16.1. The molecule has 0 aliphatic rings. The molecule has 0 saturated heterocycles. The Balaban J connectivity index is 11.0. The molecule has 52 heteroatoms. The van der Waals surface area contributed by atoms with Crippen molar-refractivity contribution in [3.05, 3.63) is 0 Å². The second kappa shape index (κ2) is 17.6. The van der Waals surface area contributed by atoms with Gasteiger partial charge in [-0.25, -0.2) is 0 Å². The molecule has 0 rings (SSSR count). The van der Waals surface area contributed by atoms with Crippen LogP contribution in [0.5, 0.6) is 0 Å². The van der Waals surface area contributed by atoms with Gasteiger partial charge >= 0.3 is 381 Å². The van der Waals surface area contributed by atoms with Crippen LogP contribution in [0.25, 0.3) is 0 Å². The van der Waals surface area contributed by atoms with Crippen molar-refractivity contribution in [3.8, 4) is 0 Å². The molecule has 0 amide bonds. The minimum atomic E-state index is -15.7. The van der Waals surface area contributed by atoms with E-state index in [4.69, 9.17) is 0 Å². The first-order valence-electron chi connectivity index (χ1n) is 15.6. The molecule has 0 aliphatic heterocycles. The maximum absolute atomic E-state index is 16.2. The zero-order chi connectivity index (χ0) is 63.6. The van der Waals surface area contributed by atoms with Crippen LogP contribution in [0.4, 0.5) is 224 Å². The van der Waals surface area contributed by atoms with Crippen molar-refractivity contribution in [2.24, 2.45) is 0 Å². The molecule has 0 heterocycles. The molecular formula is C24F51Sn+. The Labute approximate surface area is 381 Å². The molecule has 0 aromatic carbocycles. The van der Waals surface area contributed by atoms with Crippen molar-refractivity contribution >= 4 is 19.8 Å². The van der Waals surface area contributed by atoms with E-state index in [-0.39, 0.29) is 0 Å². The molecule has 0 aromatic rings. The third kappa shape index (κ3) is 8.42. The standard InChI is InChI=1S/3C8F17.Sn/c3*9-1(3(12,13)14)2(10,11)4(15,16)5(17,18)6(19,20)7(21,22)8(23,24)25;/q;;;+1. The van der Waals surface area contributed by atoms with Gasteiger partial charge in [0.15, 0.2) is 0 Å². The minimum absolute atomic E-state index is 9.15. The Bertz CT molecular complexity index is 1840. The molecule has 0 N–H and O–H groups in total. The SMILES string of the molecule is FC(F)(F)C(F)(F)C(F)(F)C(F)(F)C(F)(F)C(F)(F)[C](F)([Sn+]([C](F)(C(F)(F)F)C(F)(F)C(F)(F)C(F)(F)C(F)(F)C(F)(F)C(F)(F)F)[C](F)(C(F)(F)F)C(F)(F)C(F)(F)C(F)(F)C(F)(F)C(F)(F)C(F)(F)F)C(F)(F)F. The van der Waals surface area contributed by atoms with Gasteiger partial charge in [0, 0.05) is 0 Å². The van der Waals surface area contributed by atoms with Crippen LogP contribution in [-0.4, -0.2) is 157 Å². The van der Waals surface area contributed by atoms with Crippen LogP contribution in [0.2, 0.25) is 0 Å². The number of hydrogen-bond acceptors (Lipinski definition) is 0. The van der Waals surface area contributed by atoms with Gasteiger partial charge in [-0.1, -0.05) is 0 Å². The fourth-order valence-electron chi connectivity index (χ4n) is 5.10. The van der Waals surface area contributed by atoms with Crippen LogP contribution < -0.4 is 0 Å². The molecule has 0 bridgehead atoms. The van der Waals surface area contributed by atoms with Crippen molar-refractivity contribution in [2.45, 2.75) is 137 Å². The number of alkyl halides is 51. The summed E-state index contributed by atoms with van der Waals surface area (Å²) in [5.41, 5.74) is 0. The summed E-state index contributed by atoms with van der Waals surface area (Å²) in [5, 5.41) is 0. The van der Waals surface area contributed by atoms with Crippen molar-refractivity contribution < 1.29 is 224 Å². The van der Waals surface area contributed by atoms with Crippen LogP contribution in [-0.2, 0) is 0 Å². The quantitative estimate of drug-likeness (QED) is 0.0948. The molecular weight excluding hydrogens is 1380 g/mol. The summed E-state index contributed by atoms with van der Waals surface area (Å²) in [6.45, 7) is 0. The van der Waals surface area contributed by atoms with E-state index in [0.29, 0.717) is 0 Å². The van der Waals surface area contributed by atoms with Gasteiger partial charge in [-0.15, -0.1) is 0 Å². The zero-order valence-corrected chi connectivity index (χ0v) is 34.6. The molecule has 0 radical (unpaired) electrons. The van der Waals surface area contributed by atoms with E-state index >= 15 is 39.5 Å². The van der Waals surface area contributed by atoms with E-state index in [1.165, 1.54) is 0 Å². The van der Waals surface area contributed by atoms with Gasteiger partial charge in [-0.3, -0.25) is 0 Å². The van der Waals surface area contributed by atoms with E-state index in [1.54, 1.807) is 0 Å². The normalized spacial score (nSPS) is 19.3. The number of hydrogen-bond donors (Lipinski definition) is 0. The van der Waals surface area contributed by atoms with Crippen molar-refractivity contribution in [2.75, 3.05) is 0 Å². The Kier molecular flexibility index (Phi) is 17.0. The van der Waals surface area contributed by atoms with E-state index in [9.17, 15) is 184 Å². The van der Waals surface area contributed by atoms with Gasteiger partial charge in [-0.05, 0) is 0 Å². The third-order valence-corrected chi connectivity index (χ3v) is 20.3. The molecule has 0 saturated carbocycles. The summed E-state index contributed by atoms with van der Waals surface area (Å²) in [4.78, 5) is 0. The van der Waals surface area contributed by atoms with Crippen LogP contribution >= 0.6 is 0 Å². The molecule has 76 heavy (non-hydrogen) atoms. The average molecular weight is 1380 g/mol. The van der Waals surface area contributed by atoms with Crippen LogP contribution in [0, 0.1) is 0 Å². The molecule has 3 unspecified atom stereocenters. The van der Waals surface area contributed by atoms with E-state index in [0.717, 1.165) is 0 Å². The van der Waals surface area contributed by atoms with Gasteiger partial charge < -0.3 is 0 Å². The Hall–Kier alpha value is -2.77. The van der Waals surface area contributed by atoms with E-state index < -0.39 is 157 Å². The summed E-state index contributed by atoms with van der Waals surface area (Å²) < 4.78 is 680. The fourth-order valence-corrected chi connectivity index (χ4v) is 15.6. The van der Waals surface area contributed by atoms with E-state index in [1.807, 2.05) is 0 Å². The second-order valence-electron chi connectivity index (χ2n) is 14.0. The van der Waals surface area contributed by atoms with Crippen LogP contribution in [0.15, 0.2) is 0 Å². The summed E-state index contributed by atoms with van der Waals surface area (Å²) in [6, 6.07) is 0. The van der Waals surface area contributed by atoms with E-state index in [2.05, 4.69) is 0 Å². The topological polar surface area (TPSA) is 0 Å². The molecule has 0 nitrogen and oxygen atoms in total. The molecule has 456 valence electrons. The van der Waals surface area contributed by atoms with Gasteiger partial charge in [0.05, 0.1) is 0 Å². The number of rotatable bonds is 18. The Morgan fingerprint density at radius 3 is 0.289 bits per heavy atom. The zero-order valence-electron chi connectivity index (χ0n) is 31.8. The first-order chi connectivity index (χ1) is 31.6. The molecule has 3 atom stereocenters. The van der Waals surface area contributed by atoms with Crippen molar-refractivity contribution in [1.29, 1.82) is 0 Å². The monoisotopic (exact) mass is 1380 g/mol. The van der Waals surface area contributed by atoms with Gasteiger partial charge in [0.2, 0.25) is 0 Å². The van der Waals surface area contributed by atoms with Crippen molar-refractivity contribution in [3.63, 3.8) is 0 Å². The predicted molar refractivity (Wildman–Crippen MR) is 128 cm³/mol. The molecule has 0 spiro atoms. The Morgan fingerprint density at radius 1 is 0.105 bits per heavy atom. The Morgan fingerprint density at radius 2 is 0.197 bits per heavy atom. The van der Waals surface area contributed by atoms with Crippen LogP contribution in [0.3, 0.4) is 0 Å².